The molecule has 6 heteroatoms. The van der Waals surface area contributed by atoms with E-state index in [2.05, 4.69) is 22.1 Å². The van der Waals surface area contributed by atoms with Crippen LogP contribution in [0.5, 0.6) is 0 Å². The molecule has 1 saturated heterocycles. The summed E-state index contributed by atoms with van der Waals surface area (Å²) in [5.74, 6) is 1.92. The van der Waals surface area contributed by atoms with Gasteiger partial charge in [0, 0.05) is 26.2 Å². The molecule has 0 radical (unpaired) electrons. The van der Waals surface area contributed by atoms with Crippen molar-refractivity contribution >= 4 is 5.91 Å². The molecule has 100 valence electrons. The summed E-state index contributed by atoms with van der Waals surface area (Å²) < 4.78 is 5.36. The zero-order valence-corrected chi connectivity index (χ0v) is 11.1. The first-order chi connectivity index (χ1) is 8.58. The normalized spacial score (nSPS) is 23.9. The summed E-state index contributed by atoms with van der Waals surface area (Å²) in [7, 11) is 1.80. The van der Waals surface area contributed by atoms with Gasteiger partial charge in [-0.15, -0.1) is 0 Å². The summed E-state index contributed by atoms with van der Waals surface area (Å²) in [6.07, 6.45) is 0.803. The third kappa shape index (κ3) is 2.87. The van der Waals surface area contributed by atoms with Crippen LogP contribution in [0.2, 0.25) is 0 Å². The Morgan fingerprint density at radius 1 is 1.61 bits per heavy atom. The standard InChI is InChI=1S/C12H20N4O2/c1-8-7-18-5-4-10(8)12(17)16(3)6-11-13-9(2)14-15-11/h8,10H,4-7H2,1-3H3,(H,13,14,15). The molecule has 2 atom stereocenters. The van der Waals surface area contributed by atoms with Crippen LogP contribution in [0.1, 0.15) is 25.0 Å². The van der Waals surface area contributed by atoms with Crippen LogP contribution in [0.15, 0.2) is 0 Å². The first-order valence-electron chi connectivity index (χ1n) is 6.28. The molecule has 6 nitrogen and oxygen atoms in total. The molecule has 1 aromatic rings. The Morgan fingerprint density at radius 2 is 2.39 bits per heavy atom. The number of H-pyrrole nitrogens is 1. The summed E-state index contributed by atoms with van der Waals surface area (Å²) in [6, 6.07) is 0. The van der Waals surface area contributed by atoms with E-state index in [1.807, 2.05) is 6.92 Å². The topological polar surface area (TPSA) is 71.1 Å². The molecule has 0 saturated carbocycles. The van der Waals surface area contributed by atoms with Gasteiger partial charge in [-0.1, -0.05) is 6.92 Å². The van der Waals surface area contributed by atoms with Crippen molar-refractivity contribution in [2.24, 2.45) is 11.8 Å². The van der Waals surface area contributed by atoms with Crippen LogP contribution < -0.4 is 0 Å². The average Bonchev–Trinajstić information content (AvgIpc) is 2.74. The van der Waals surface area contributed by atoms with E-state index in [0.717, 1.165) is 12.2 Å². The van der Waals surface area contributed by atoms with Crippen molar-refractivity contribution in [2.75, 3.05) is 20.3 Å². The highest BCUT2D eigenvalue weighted by molar-refractivity contribution is 5.78. The highest BCUT2D eigenvalue weighted by atomic mass is 16.5. The van der Waals surface area contributed by atoms with Crippen molar-refractivity contribution in [3.8, 4) is 0 Å². The number of nitrogens with zero attached hydrogens (tertiary/aromatic N) is 3. The molecular formula is C12H20N4O2. The number of aryl methyl sites for hydroxylation is 1. The summed E-state index contributed by atoms with van der Waals surface area (Å²) in [5.41, 5.74) is 0. The van der Waals surface area contributed by atoms with Crippen molar-refractivity contribution in [3.63, 3.8) is 0 Å². The minimum atomic E-state index is 0.0591. The molecular weight excluding hydrogens is 232 g/mol. The lowest BCUT2D eigenvalue weighted by Gasteiger charge is -2.30. The fourth-order valence-corrected chi connectivity index (χ4v) is 2.28. The third-order valence-electron chi connectivity index (χ3n) is 3.36. The molecule has 1 amide bonds. The van der Waals surface area contributed by atoms with E-state index in [1.165, 1.54) is 0 Å². The minimum Gasteiger partial charge on any atom is -0.381 e. The number of amides is 1. The Balaban J connectivity index is 1.95. The van der Waals surface area contributed by atoms with Crippen LogP contribution in [-0.2, 0) is 16.1 Å². The Kier molecular flexibility index (Phi) is 3.96. The fourth-order valence-electron chi connectivity index (χ4n) is 2.28. The molecule has 2 unspecified atom stereocenters. The van der Waals surface area contributed by atoms with Gasteiger partial charge in [0.1, 0.15) is 5.82 Å². The number of carbonyl (C=O) groups excluding carboxylic acids is 1. The first-order valence-corrected chi connectivity index (χ1v) is 6.28. The number of nitrogens with one attached hydrogen (secondary N) is 1. The Labute approximate surface area is 107 Å². The number of aromatic nitrogens is 3. The van der Waals surface area contributed by atoms with Gasteiger partial charge in [-0.05, 0) is 19.3 Å². The molecule has 1 aliphatic heterocycles. The van der Waals surface area contributed by atoms with Crippen molar-refractivity contribution < 1.29 is 9.53 Å². The van der Waals surface area contributed by atoms with Gasteiger partial charge in [-0.25, -0.2) is 4.98 Å². The van der Waals surface area contributed by atoms with Crippen LogP contribution in [0.25, 0.3) is 0 Å². The maximum absolute atomic E-state index is 12.3. The van der Waals surface area contributed by atoms with Crippen LogP contribution in [0.4, 0.5) is 0 Å². The molecule has 1 aromatic heterocycles. The molecule has 1 N–H and O–H groups in total. The summed E-state index contributed by atoms with van der Waals surface area (Å²) in [5, 5.41) is 6.83. The number of rotatable bonds is 3. The fraction of sp³-hybridized carbons (Fsp3) is 0.750. The quantitative estimate of drug-likeness (QED) is 0.861. The van der Waals surface area contributed by atoms with Gasteiger partial charge in [0.15, 0.2) is 5.82 Å². The van der Waals surface area contributed by atoms with Gasteiger partial charge >= 0.3 is 0 Å². The number of carbonyl (C=O) groups is 1. The summed E-state index contributed by atoms with van der Waals surface area (Å²) in [6.45, 7) is 5.71. The molecule has 1 fully saturated rings. The van der Waals surface area contributed by atoms with Gasteiger partial charge in [-0.2, -0.15) is 5.10 Å². The van der Waals surface area contributed by atoms with Crippen molar-refractivity contribution in [3.05, 3.63) is 11.6 Å². The average molecular weight is 252 g/mol. The van der Waals surface area contributed by atoms with Crippen LogP contribution >= 0.6 is 0 Å². The number of ether oxygens (including phenoxy) is 1. The number of hydrogen-bond donors (Lipinski definition) is 1. The zero-order chi connectivity index (χ0) is 13.1. The van der Waals surface area contributed by atoms with Gasteiger partial charge in [0.2, 0.25) is 5.91 Å². The van der Waals surface area contributed by atoms with Gasteiger partial charge in [0.25, 0.3) is 0 Å². The van der Waals surface area contributed by atoms with E-state index < -0.39 is 0 Å². The zero-order valence-electron chi connectivity index (χ0n) is 11.1. The molecule has 0 aromatic carbocycles. The molecule has 2 heterocycles. The monoisotopic (exact) mass is 252 g/mol. The predicted molar refractivity (Wildman–Crippen MR) is 65.7 cm³/mol. The van der Waals surface area contributed by atoms with E-state index in [0.29, 0.717) is 25.6 Å². The highest BCUT2D eigenvalue weighted by Crippen LogP contribution is 2.23. The van der Waals surface area contributed by atoms with E-state index >= 15 is 0 Å². The van der Waals surface area contributed by atoms with Crippen LogP contribution in [-0.4, -0.2) is 46.2 Å². The second kappa shape index (κ2) is 5.48. The van der Waals surface area contributed by atoms with Gasteiger partial charge < -0.3 is 9.64 Å². The minimum absolute atomic E-state index is 0.0591. The molecule has 0 aliphatic carbocycles. The highest BCUT2D eigenvalue weighted by Gasteiger charge is 2.30. The number of hydrogen-bond acceptors (Lipinski definition) is 4. The lowest BCUT2D eigenvalue weighted by atomic mass is 9.89. The second-order valence-corrected chi connectivity index (χ2v) is 4.98. The maximum atomic E-state index is 12.3. The lowest BCUT2D eigenvalue weighted by Crippen LogP contribution is -2.40. The molecule has 18 heavy (non-hydrogen) atoms. The predicted octanol–water partition coefficient (Wildman–Crippen LogP) is 0.744. The largest absolute Gasteiger partial charge is 0.381 e. The van der Waals surface area contributed by atoms with Crippen LogP contribution in [0.3, 0.4) is 0 Å². The van der Waals surface area contributed by atoms with Gasteiger partial charge in [0.05, 0.1) is 6.54 Å². The molecule has 1 aliphatic rings. The smallest absolute Gasteiger partial charge is 0.226 e. The van der Waals surface area contributed by atoms with Crippen molar-refractivity contribution in [2.45, 2.75) is 26.8 Å². The Hall–Kier alpha value is -1.43. The van der Waals surface area contributed by atoms with Crippen LogP contribution in [0, 0.1) is 18.8 Å². The number of aromatic amines is 1. The molecule has 0 bridgehead atoms. The third-order valence-corrected chi connectivity index (χ3v) is 3.36. The van der Waals surface area contributed by atoms with E-state index in [4.69, 9.17) is 4.74 Å². The Morgan fingerprint density at radius 3 is 3.00 bits per heavy atom. The summed E-state index contributed by atoms with van der Waals surface area (Å²) >= 11 is 0. The molecule has 2 rings (SSSR count). The van der Waals surface area contributed by atoms with Crippen molar-refractivity contribution in [1.82, 2.24) is 20.1 Å². The summed E-state index contributed by atoms with van der Waals surface area (Å²) in [4.78, 5) is 18.2. The van der Waals surface area contributed by atoms with Crippen molar-refractivity contribution in [1.29, 1.82) is 0 Å². The first kappa shape index (κ1) is 13.0. The Bertz CT molecular complexity index is 418. The SMILES string of the molecule is Cc1nc(CN(C)C(=O)C2CCOCC2C)n[nH]1. The molecule has 0 spiro atoms. The van der Waals surface area contributed by atoms with E-state index in [9.17, 15) is 4.79 Å². The van der Waals surface area contributed by atoms with E-state index in [-0.39, 0.29) is 17.7 Å². The van der Waals surface area contributed by atoms with Gasteiger partial charge in [-0.3, -0.25) is 9.89 Å². The maximum Gasteiger partial charge on any atom is 0.226 e. The van der Waals surface area contributed by atoms with E-state index in [1.54, 1.807) is 11.9 Å². The lowest BCUT2D eigenvalue weighted by molar-refractivity contribution is -0.140. The second-order valence-electron chi connectivity index (χ2n) is 4.98.